The first-order valence-electron chi connectivity index (χ1n) is 6.88. The second-order valence-electron chi connectivity index (χ2n) is 5.15. The van der Waals surface area contributed by atoms with E-state index in [9.17, 15) is 20.3 Å². The molecule has 0 bridgehead atoms. The summed E-state index contributed by atoms with van der Waals surface area (Å²) in [5, 5.41) is 31.0. The number of hydrogen-bond donors (Lipinski definition) is 2. The lowest BCUT2D eigenvalue weighted by atomic mass is 10.1. The summed E-state index contributed by atoms with van der Waals surface area (Å²) in [5.74, 6) is 0. The molecule has 0 aromatic carbocycles. The van der Waals surface area contributed by atoms with E-state index in [-0.39, 0.29) is 18.3 Å². The Labute approximate surface area is 121 Å². The van der Waals surface area contributed by atoms with Gasteiger partial charge < -0.3 is 15.1 Å². The van der Waals surface area contributed by atoms with Gasteiger partial charge in [-0.05, 0) is 19.8 Å². The van der Waals surface area contributed by atoms with Crippen LogP contribution >= 0.6 is 11.3 Å². The van der Waals surface area contributed by atoms with Gasteiger partial charge in [0.25, 0.3) is 0 Å². The van der Waals surface area contributed by atoms with Crippen LogP contribution < -0.4 is 4.90 Å². The molecule has 2 N–H and O–H groups in total. The van der Waals surface area contributed by atoms with Crippen molar-refractivity contribution in [2.75, 3.05) is 18.1 Å². The summed E-state index contributed by atoms with van der Waals surface area (Å²) in [4.78, 5) is 13.4. The topological polar surface area (TPSA) is 86.8 Å². The van der Waals surface area contributed by atoms with Gasteiger partial charge in [0.2, 0.25) is 0 Å². The lowest BCUT2D eigenvalue weighted by molar-refractivity contribution is -0.383. The maximum atomic E-state index is 11.2. The molecule has 1 aromatic heterocycles. The number of aliphatic hydroxyl groups excluding tert-OH is 2. The number of thiophene rings is 1. The van der Waals surface area contributed by atoms with Crippen molar-refractivity contribution in [1.29, 1.82) is 0 Å². The molecular weight excluding hydrogens is 280 g/mol. The molecule has 7 heteroatoms. The van der Waals surface area contributed by atoms with E-state index >= 15 is 0 Å². The molecule has 1 aromatic rings. The minimum absolute atomic E-state index is 0.000926. The lowest BCUT2D eigenvalue weighted by Gasteiger charge is -2.28. The Kier molecular flexibility index (Phi) is 4.95. The third-order valence-electron chi connectivity index (χ3n) is 3.67. The molecule has 1 fully saturated rings. The monoisotopic (exact) mass is 300 g/mol. The Balaban J connectivity index is 2.39. The van der Waals surface area contributed by atoms with Crippen LogP contribution in [-0.4, -0.2) is 34.3 Å². The number of aliphatic hydroxyl groups is 2. The average molecular weight is 300 g/mol. The Morgan fingerprint density at radius 2 is 2.30 bits per heavy atom. The number of rotatable bonds is 4. The van der Waals surface area contributed by atoms with E-state index in [2.05, 4.69) is 0 Å². The van der Waals surface area contributed by atoms with Crippen LogP contribution in [-0.2, 0) is 0 Å². The first-order chi connectivity index (χ1) is 9.54. The molecule has 1 aliphatic rings. The summed E-state index contributed by atoms with van der Waals surface area (Å²) in [6, 6.07) is 1.38. The molecular formula is C13H20N2O4S. The van der Waals surface area contributed by atoms with Crippen LogP contribution in [0.4, 0.5) is 10.7 Å². The van der Waals surface area contributed by atoms with Crippen LogP contribution in [0.1, 0.15) is 43.6 Å². The highest BCUT2D eigenvalue weighted by molar-refractivity contribution is 7.16. The molecule has 0 radical (unpaired) electrons. The van der Waals surface area contributed by atoms with Crippen molar-refractivity contribution < 1.29 is 15.1 Å². The Bertz CT molecular complexity index is 475. The van der Waals surface area contributed by atoms with Crippen molar-refractivity contribution in [3.63, 3.8) is 0 Å². The van der Waals surface area contributed by atoms with Gasteiger partial charge in [-0.2, -0.15) is 0 Å². The van der Waals surface area contributed by atoms with Crippen molar-refractivity contribution in [2.24, 2.45) is 0 Å². The van der Waals surface area contributed by atoms with Crippen LogP contribution in [0.5, 0.6) is 0 Å². The van der Waals surface area contributed by atoms with Crippen LogP contribution in [0, 0.1) is 10.1 Å². The molecule has 2 unspecified atom stereocenters. The normalized spacial score (nSPS) is 21.6. The minimum Gasteiger partial charge on any atom is -0.394 e. The molecule has 1 saturated heterocycles. The average Bonchev–Trinajstić information content (AvgIpc) is 2.72. The zero-order chi connectivity index (χ0) is 14.7. The van der Waals surface area contributed by atoms with E-state index in [1.54, 1.807) is 6.92 Å². The van der Waals surface area contributed by atoms with E-state index < -0.39 is 11.0 Å². The van der Waals surface area contributed by atoms with Crippen LogP contribution in [0.2, 0.25) is 0 Å². The highest BCUT2D eigenvalue weighted by atomic mass is 32.1. The highest BCUT2D eigenvalue weighted by Crippen LogP contribution is 2.42. The third-order valence-corrected chi connectivity index (χ3v) is 5.00. The van der Waals surface area contributed by atoms with Crippen molar-refractivity contribution in [1.82, 2.24) is 0 Å². The second-order valence-corrected chi connectivity index (χ2v) is 6.21. The van der Waals surface area contributed by atoms with Crippen molar-refractivity contribution in [3.8, 4) is 0 Å². The van der Waals surface area contributed by atoms with Gasteiger partial charge in [-0.1, -0.05) is 12.8 Å². The van der Waals surface area contributed by atoms with Gasteiger partial charge in [-0.15, -0.1) is 11.3 Å². The molecule has 6 nitrogen and oxygen atoms in total. The third kappa shape index (κ3) is 3.11. The zero-order valence-corrected chi connectivity index (χ0v) is 12.3. The molecule has 2 heterocycles. The zero-order valence-electron chi connectivity index (χ0n) is 11.5. The maximum absolute atomic E-state index is 11.2. The second kappa shape index (κ2) is 6.51. The summed E-state index contributed by atoms with van der Waals surface area (Å²) in [6.07, 6.45) is 3.21. The quantitative estimate of drug-likeness (QED) is 0.659. The molecule has 20 heavy (non-hydrogen) atoms. The number of nitro groups is 1. The summed E-state index contributed by atoms with van der Waals surface area (Å²) in [6.45, 7) is 2.32. The van der Waals surface area contributed by atoms with Gasteiger partial charge in [0.05, 0.1) is 23.7 Å². The van der Waals surface area contributed by atoms with Crippen LogP contribution in [0.25, 0.3) is 0 Å². The summed E-state index contributed by atoms with van der Waals surface area (Å²) in [5.41, 5.74) is 0.0336. The summed E-state index contributed by atoms with van der Waals surface area (Å²) >= 11 is 1.25. The smallest absolute Gasteiger partial charge is 0.304 e. The Morgan fingerprint density at radius 3 is 2.90 bits per heavy atom. The lowest BCUT2D eigenvalue weighted by Crippen LogP contribution is -2.37. The molecule has 2 rings (SSSR count). The fourth-order valence-corrected chi connectivity index (χ4v) is 3.73. The first-order valence-corrected chi connectivity index (χ1v) is 7.70. The predicted molar refractivity (Wildman–Crippen MR) is 78.3 cm³/mol. The van der Waals surface area contributed by atoms with Gasteiger partial charge in [0.1, 0.15) is 0 Å². The highest BCUT2D eigenvalue weighted by Gasteiger charge is 2.30. The summed E-state index contributed by atoms with van der Waals surface area (Å²) < 4.78 is 0. The molecule has 1 aliphatic heterocycles. The number of anilines is 1. The minimum atomic E-state index is -0.716. The fourth-order valence-electron chi connectivity index (χ4n) is 2.57. The van der Waals surface area contributed by atoms with E-state index in [4.69, 9.17) is 0 Å². The fraction of sp³-hybridized carbons (Fsp3) is 0.692. The molecule has 112 valence electrons. The molecule has 0 aliphatic carbocycles. The Morgan fingerprint density at radius 1 is 1.55 bits per heavy atom. The van der Waals surface area contributed by atoms with Gasteiger partial charge in [-0.25, -0.2) is 0 Å². The van der Waals surface area contributed by atoms with E-state index in [1.165, 1.54) is 17.4 Å². The number of nitrogens with zero attached hydrogens (tertiary/aromatic N) is 2. The van der Waals surface area contributed by atoms with Crippen molar-refractivity contribution in [2.45, 2.75) is 44.8 Å². The predicted octanol–water partition coefficient (Wildman–Crippen LogP) is 2.45. The largest absolute Gasteiger partial charge is 0.394 e. The van der Waals surface area contributed by atoms with Crippen LogP contribution in [0.3, 0.4) is 0 Å². The standard InChI is InChI=1S/C13H20N2O4S/c1-9(17)12-7-11(15(18)19)13(20-12)14-6-4-2-3-5-10(14)8-16/h7,9-10,16-17H,2-6,8H2,1H3. The summed E-state index contributed by atoms with van der Waals surface area (Å²) in [7, 11) is 0. The van der Waals surface area contributed by atoms with Crippen molar-refractivity contribution >= 4 is 22.0 Å². The SMILES string of the molecule is CC(O)c1cc([N+](=O)[O-])c(N2CCCCCC2CO)s1. The molecule has 2 atom stereocenters. The van der Waals surface area contributed by atoms with E-state index in [0.717, 1.165) is 25.7 Å². The Hall–Kier alpha value is -1.18. The van der Waals surface area contributed by atoms with Gasteiger partial charge >= 0.3 is 5.69 Å². The number of hydrogen-bond acceptors (Lipinski definition) is 6. The van der Waals surface area contributed by atoms with E-state index in [1.807, 2.05) is 4.90 Å². The van der Waals surface area contributed by atoms with Gasteiger partial charge in [0, 0.05) is 17.5 Å². The van der Waals surface area contributed by atoms with Gasteiger partial charge in [-0.3, -0.25) is 10.1 Å². The van der Waals surface area contributed by atoms with Gasteiger partial charge in [0.15, 0.2) is 5.00 Å². The van der Waals surface area contributed by atoms with Crippen LogP contribution in [0.15, 0.2) is 6.07 Å². The van der Waals surface area contributed by atoms with Crippen molar-refractivity contribution in [3.05, 3.63) is 21.1 Å². The maximum Gasteiger partial charge on any atom is 0.304 e. The van der Waals surface area contributed by atoms with E-state index in [0.29, 0.717) is 16.4 Å². The molecule has 0 saturated carbocycles. The first kappa shape index (κ1) is 15.2. The molecule has 0 amide bonds. The molecule has 0 spiro atoms.